The van der Waals surface area contributed by atoms with E-state index >= 15 is 0 Å². The Morgan fingerprint density at radius 3 is 2.54 bits per heavy atom. The maximum atomic E-state index is 13.0. The molecular formula is C18H19ClN2O4S. The summed E-state index contributed by atoms with van der Waals surface area (Å²) < 4.78 is 27.5. The molecule has 6 nitrogen and oxygen atoms in total. The highest BCUT2D eigenvalue weighted by molar-refractivity contribution is 7.89. The van der Waals surface area contributed by atoms with E-state index in [9.17, 15) is 18.5 Å². The van der Waals surface area contributed by atoms with Crippen molar-refractivity contribution in [3.63, 3.8) is 0 Å². The Kier molecular flexibility index (Phi) is 5.60. The molecule has 0 aromatic heterocycles. The molecule has 8 heteroatoms. The number of hydrogen-bond donors (Lipinski definition) is 0. The molecule has 1 aliphatic rings. The normalized spacial score (nSPS) is 19.0. The summed E-state index contributed by atoms with van der Waals surface area (Å²) in [5.74, 6) is 0.0724. The SMILES string of the molecule is O=[N+]([O-])c1cccc(S(=O)(=O)N2CCCCC(c3ccc(Cl)cc3)C2)c1. The minimum Gasteiger partial charge on any atom is -0.258 e. The predicted octanol–water partition coefficient (Wildman–Crippen LogP) is 4.21. The number of nitrogens with zero attached hydrogens (tertiary/aromatic N) is 2. The largest absolute Gasteiger partial charge is 0.270 e. The quantitative estimate of drug-likeness (QED) is 0.574. The first-order valence-corrected chi connectivity index (χ1v) is 10.2. The third-order valence-electron chi connectivity index (χ3n) is 4.64. The lowest BCUT2D eigenvalue weighted by Crippen LogP contribution is -2.34. The molecule has 0 amide bonds. The van der Waals surface area contributed by atoms with Gasteiger partial charge in [0.2, 0.25) is 10.0 Å². The van der Waals surface area contributed by atoms with Gasteiger partial charge >= 0.3 is 0 Å². The van der Waals surface area contributed by atoms with E-state index in [0.717, 1.165) is 30.9 Å². The zero-order valence-electron chi connectivity index (χ0n) is 14.0. The van der Waals surface area contributed by atoms with Crippen LogP contribution >= 0.6 is 11.6 Å². The van der Waals surface area contributed by atoms with Gasteiger partial charge in [0.15, 0.2) is 0 Å². The van der Waals surface area contributed by atoms with Crippen molar-refractivity contribution in [2.24, 2.45) is 0 Å². The van der Waals surface area contributed by atoms with E-state index in [1.165, 1.54) is 22.5 Å². The van der Waals surface area contributed by atoms with Gasteiger partial charge in [-0.3, -0.25) is 10.1 Å². The summed E-state index contributed by atoms with van der Waals surface area (Å²) >= 11 is 5.94. The van der Waals surface area contributed by atoms with Crippen LogP contribution in [0.15, 0.2) is 53.4 Å². The Morgan fingerprint density at radius 1 is 1.12 bits per heavy atom. The molecule has 1 atom stereocenters. The van der Waals surface area contributed by atoms with Crippen molar-refractivity contribution in [2.45, 2.75) is 30.1 Å². The van der Waals surface area contributed by atoms with Gasteiger partial charge in [0.05, 0.1) is 9.82 Å². The van der Waals surface area contributed by atoms with Crippen LogP contribution in [0.25, 0.3) is 0 Å². The molecular weight excluding hydrogens is 376 g/mol. The second-order valence-electron chi connectivity index (χ2n) is 6.36. The second kappa shape index (κ2) is 7.73. The minimum absolute atomic E-state index is 0.0385. The molecule has 0 spiro atoms. The Balaban J connectivity index is 1.89. The first kappa shape index (κ1) is 18.8. The van der Waals surface area contributed by atoms with Gasteiger partial charge in [0.25, 0.3) is 5.69 Å². The van der Waals surface area contributed by atoms with Crippen LogP contribution in [0.2, 0.25) is 5.02 Å². The van der Waals surface area contributed by atoms with Crippen LogP contribution in [0.3, 0.4) is 0 Å². The van der Waals surface area contributed by atoms with E-state index in [4.69, 9.17) is 11.6 Å². The number of nitro benzene ring substituents is 1. The monoisotopic (exact) mass is 394 g/mol. The Morgan fingerprint density at radius 2 is 1.85 bits per heavy atom. The Hall–Kier alpha value is -1.96. The van der Waals surface area contributed by atoms with E-state index in [-0.39, 0.29) is 16.5 Å². The zero-order chi connectivity index (χ0) is 18.7. The van der Waals surface area contributed by atoms with Crippen molar-refractivity contribution in [3.05, 3.63) is 69.2 Å². The predicted molar refractivity (Wildman–Crippen MR) is 99.9 cm³/mol. The van der Waals surface area contributed by atoms with E-state index in [2.05, 4.69) is 0 Å². The molecule has 1 saturated heterocycles. The summed E-state index contributed by atoms with van der Waals surface area (Å²) in [5.41, 5.74) is 0.825. The summed E-state index contributed by atoms with van der Waals surface area (Å²) in [6, 6.07) is 12.7. The lowest BCUT2D eigenvalue weighted by Gasteiger charge is -2.24. The topological polar surface area (TPSA) is 80.5 Å². The van der Waals surface area contributed by atoms with Gasteiger partial charge in [0, 0.05) is 30.2 Å². The van der Waals surface area contributed by atoms with Gasteiger partial charge in [-0.15, -0.1) is 0 Å². The third kappa shape index (κ3) is 4.06. The molecule has 1 fully saturated rings. The second-order valence-corrected chi connectivity index (χ2v) is 8.74. The van der Waals surface area contributed by atoms with Crippen LogP contribution in [-0.4, -0.2) is 30.7 Å². The van der Waals surface area contributed by atoms with Crippen LogP contribution in [-0.2, 0) is 10.0 Å². The van der Waals surface area contributed by atoms with Crippen molar-refractivity contribution in [1.82, 2.24) is 4.31 Å². The highest BCUT2D eigenvalue weighted by Crippen LogP contribution is 2.31. The van der Waals surface area contributed by atoms with Crippen LogP contribution < -0.4 is 0 Å². The molecule has 1 unspecified atom stereocenters. The number of halogens is 1. The van der Waals surface area contributed by atoms with Crippen molar-refractivity contribution in [3.8, 4) is 0 Å². The molecule has 0 aliphatic carbocycles. The molecule has 0 N–H and O–H groups in total. The van der Waals surface area contributed by atoms with Gasteiger partial charge in [-0.05, 0) is 42.5 Å². The highest BCUT2D eigenvalue weighted by atomic mass is 35.5. The Labute approximate surface area is 157 Å². The molecule has 3 rings (SSSR count). The summed E-state index contributed by atoms with van der Waals surface area (Å²) in [7, 11) is -3.79. The van der Waals surface area contributed by atoms with Crippen LogP contribution in [0.1, 0.15) is 30.7 Å². The average molecular weight is 395 g/mol. The lowest BCUT2D eigenvalue weighted by atomic mass is 9.95. The number of non-ortho nitro benzene ring substituents is 1. The van der Waals surface area contributed by atoms with E-state index in [1.54, 1.807) is 12.1 Å². The van der Waals surface area contributed by atoms with Gasteiger partial charge < -0.3 is 0 Å². The number of nitro groups is 1. The maximum absolute atomic E-state index is 13.0. The first-order valence-electron chi connectivity index (χ1n) is 8.38. The number of hydrogen-bond acceptors (Lipinski definition) is 4. The first-order chi connectivity index (χ1) is 12.4. The number of rotatable bonds is 4. The van der Waals surface area contributed by atoms with Crippen LogP contribution in [0.4, 0.5) is 5.69 Å². The van der Waals surface area contributed by atoms with Gasteiger partial charge in [-0.2, -0.15) is 4.31 Å². The van der Waals surface area contributed by atoms with Gasteiger partial charge in [-0.1, -0.05) is 36.2 Å². The molecule has 1 heterocycles. The minimum atomic E-state index is -3.79. The lowest BCUT2D eigenvalue weighted by molar-refractivity contribution is -0.385. The fraction of sp³-hybridized carbons (Fsp3) is 0.333. The molecule has 0 bridgehead atoms. The van der Waals surface area contributed by atoms with Crippen molar-refractivity contribution in [1.29, 1.82) is 0 Å². The molecule has 2 aromatic carbocycles. The fourth-order valence-electron chi connectivity index (χ4n) is 3.24. The molecule has 26 heavy (non-hydrogen) atoms. The van der Waals surface area contributed by atoms with Crippen LogP contribution in [0, 0.1) is 10.1 Å². The zero-order valence-corrected chi connectivity index (χ0v) is 15.6. The van der Waals surface area contributed by atoms with Gasteiger partial charge in [0.1, 0.15) is 0 Å². The smallest absolute Gasteiger partial charge is 0.258 e. The fourth-order valence-corrected chi connectivity index (χ4v) is 4.93. The van der Waals surface area contributed by atoms with Crippen molar-refractivity contribution >= 4 is 27.3 Å². The van der Waals surface area contributed by atoms with Gasteiger partial charge in [-0.25, -0.2) is 8.42 Å². The molecule has 138 valence electrons. The average Bonchev–Trinajstić information content (AvgIpc) is 2.89. The third-order valence-corrected chi connectivity index (χ3v) is 6.75. The summed E-state index contributed by atoms with van der Waals surface area (Å²) in [5, 5.41) is 11.6. The summed E-state index contributed by atoms with van der Waals surface area (Å²) in [6.45, 7) is 0.766. The molecule has 1 aliphatic heterocycles. The maximum Gasteiger partial charge on any atom is 0.270 e. The highest BCUT2D eigenvalue weighted by Gasteiger charge is 2.30. The Bertz CT molecular complexity index is 900. The standard InChI is InChI=1S/C18H19ClN2O4S/c19-16-9-7-14(8-10-16)15-4-1-2-11-20(13-15)26(24,25)18-6-3-5-17(12-18)21(22)23/h3,5-10,12,15H,1-2,4,11,13H2. The number of benzene rings is 2. The van der Waals surface area contributed by atoms with E-state index in [0.29, 0.717) is 18.1 Å². The summed E-state index contributed by atoms with van der Waals surface area (Å²) in [4.78, 5) is 10.3. The van der Waals surface area contributed by atoms with Crippen molar-refractivity contribution < 1.29 is 13.3 Å². The molecule has 0 saturated carbocycles. The van der Waals surface area contributed by atoms with E-state index in [1.807, 2.05) is 12.1 Å². The van der Waals surface area contributed by atoms with E-state index < -0.39 is 14.9 Å². The van der Waals surface area contributed by atoms with Crippen molar-refractivity contribution in [2.75, 3.05) is 13.1 Å². The molecule has 2 aromatic rings. The summed E-state index contributed by atoms with van der Waals surface area (Å²) in [6.07, 6.45) is 2.58. The molecule has 0 radical (unpaired) electrons. The van der Waals surface area contributed by atoms with Crippen LogP contribution in [0.5, 0.6) is 0 Å². The number of sulfonamides is 1.